The van der Waals surface area contributed by atoms with Crippen molar-refractivity contribution < 1.29 is 0 Å². The van der Waals surface area contributed by atoms with Gasteiger partial charge >= 0.3 is 0 Å². The van der Waals surface area contributed by atoms with Crippen LogP contribution in [0, 0.1) is 5.92 Å². The molecule has 1 aromatic rings. The predicted octanol–water partition coefficient (Wildman–Crippen LogP) is 2.61. The minimum Gasteiger partial charge on any atom is -0.354 e. The first-order valence-corrected chi connectivity index (χ1v) is 6.10. The first-order valence-electron chi connectivity index (χ1n) is 6.10. The van der Waals surface area contributed by atoms with Crippen molar-refractivity contribution in [3.05, 3.63) is 24.5 Å². The van der Waals surface area contributed by atoms with Crippen LogP contribution in [0.5, 0.6) is 0 Å². The molecule has 0 aliphatic carbocycles. The minimum absolute atomic E-state index is 0.720. The molecule has 0 unspecified atom stereocenters. The molecule has 0 bridgehead atoms. The number of rotatable bonds is 3. The van der Waals surface area contributed by atoms with E-state index in [0.29, 0.717) is 0 Å². The van der Waals surface area contributed by atoms with Crippen LogP contribution >= 0.6 is 0 Å². The van der Waals surface area contributed by atoms with E-state index in [1.807, 2.05) is 0 Å². The Kier molecular flexibility index (Phi) is 3.47. The Hall–Kier alpha value is -0.760. The quantitative estimate of drug-likeness (QED) is 0.738. The van der Waals surface area contributed by atoms with Crippen molar-refractivity contribution in [3.8, 4) is 0 Å². The molecule has 0 radical (unpaired) electrons. The van der Waals surface area contributed by atoms with Crippen LogP contribution in [0.2, 0.25) is 0 Å². The molecular formula is C13H22N2. The summed E-state index contributed by atoms with van der Waals surface area (Å²) in [6, 6.07) is 4.95. The fraction of sp³-hybridized carbons (Fsp3) is 0.692. The maximum atomic E-state index is 2.59. The molecule has 1 fully saturated rings. The highest BCUT2D eigenvalue weighted by Gasteiger charge is 2.20. The maximum absolute atomic E-state index is 2.59. The number of hydrogen-bond donors (Lipinski definition) is 0. The van der Waals surface area contributed by atoms with Gasteiger partial charge in [0.25, 0.3) is 0 Å². The van der Waals surface area contributed by atoms with Gasteiger partial charge in [0.15, 0.2) is 0 Å². The summed E-state index contributed by atoms with van der Waals surface area (Å²) in [6.45, 7) is 8.37. The fourth-order valence-electron chi connectivity index (χ4n) is 2.44. The monoisotopic (exact) mass is 206 g/mol. The van der Waals surface area contributed by atoms with Crippen molar-refractivity contribution in [2.45, 2.75) is 39.3 Å². The lowest BCUT2D eigenvalue weighted by Crippen LogP contribution is -2.39. The Balaban J connectivity index is 1.79. The van der Waals surface area contributed by atoms with Crippen LogP contribution in [0.25, 0.3) is 0 Å². The summed E-state index contributed by atoms with van der Waals surface area (Å²) >= 11 is 0. The largest absolute Gasteiger partial charge is 0.354 e. The second-order valence-corrected chi connectivity index (χ2v) is 4.95. The molecule has 15 heavy (non-hydrogen) atoms. The molecule has 2 heterocycles. The molecule has 2 rings (SSSR count). The third kappa shape index (κ3) is 2.85. The van der Waals surface area contributed by atoms with Gasteiger partial charge in [0.05, 0.1) is 0 Å². The van der Waals surface area contributed by atoms with E-state index in [1.165, 1.54) is 32.5 Å². The molecule has 0 N–H and O–H groups in total. The topological polar surface area (TPSA) is 8.17 Å². The lowest BCUT2D eigenvalue weighted by Gasteiger charge is -2.34. The van der Waals surface area contributed by atoms with E-state index in [9.17, 15) is 0 Å². The zero-order chi connectivity index (χ0) is 10.7. The number of likely N-dealkylation sites (tertiary alicyclic amines) is 1. The van der Waals surface area contributed by atoms with Crippen molar-refractivity contribution in [2.24, 2.45) is 5.92 Å². The molecular weight excluding hydrogens is 184 g/mol. The van der Waals surface area contributed by atoms with Crippen LogP contribution in [0.15, 0.2) is 24.5 Å². The molecule has 1 saturated heterocycles. The summed E-state index contributed by atoms with van der Waals surface area (Å²) in [6.07, 6.45) is 7.07. The third-order valence-electron chi connectivity index (χ3n) is 3.51. The third-order valence-corrected chi connectivity index (χ3v) is 3.51. The summed E-state index contributed by atoms with van der Waals surface area (Å²) < 4.78 is 2.32. The predicted molar refractivity (Wildman–Crippen MR) is 63.9 cm³/mol. The van der Waals surface area contributed by atoms with Crippen LogP contribution in [0.1, 0.15) is 26.7 Å². The van der Waals surface area contributed by atoms with E-state index in [4.69, 9.17) is 0 Å². The molecule has 1 aromatic heterocycles. The summed E-state index contributed by atoms with van der Waals surface area (Å²) in [7, 11) is 0. The van der Waals surface area contributed by atoms with Gasteiger partial charge in [-0.25, -0.2) is 0 Å². The normalized spacial score (nSPS) is 19.9. The second kappa shape index (κ2) is 4.84. The van der Waals surface area contributed by atoms with Gasteiger partial charge in [-0.2, -0.15) is 0 Å². The highest BCUT2D eigenvalue weighted by molar-refractivity contribution is 4.91. The fourth-order valence-corrected chi connectivity index (χ4v) is 2.44. The Bertz CT molecular complexity index is 269. The molecule has 2 heteroatoms. The van der Waals surface area contributed by atoms with E-state index in [2.05, 4.69) is 47.8 Å². The SMILES string of the molecule is CC(C)N1CCC(Cn2cccc2)CC1. The van der Waals surface area contributed by atoms with Gasteiger partial charge in [-0.05, 0) is 57.8 Å². The zero-order valence-corrected chi connectivity index (χ0v) is 9.89. The van der Waals surface area contributed by atoms with Crippen LogP contribution in [0.3, 0.4) is 0 Å². The number of piperidine rings is 1. The van der Waals surface area contributed by atoms with Crippen LogP contribution in [0.4, 0.5) is 0 Å². The molecule has 2 nitrogen and oxygen atoms in total. The lowest BCUT2D eigenvalue weighted by molar-refractivity contribution is 0.142. The molecule has 0 amide bonds. The Morgan fingerprint density at radius 2 is 1.73 bits per heavy atom. The zero-order valence-electron chi connectivity index (χ0n) is 9.89. The van der Waals surface area contributed by atoms with Gasteiger partial charge in [-0.1, -0.05) is 0 Å². The van der Waals surface area contributed by atoms with Crippen molar-refractivity contribution in [1.29, 1.82) is 0 Å². The second-order valence-electron chi connectivity index (χ2n) is 4.95. The van der Waals surface area contributed by atoms with E-state index in [1.54, 1.807) is 0 Å². The average Bonchev–Trinajstić information content (AvgIpc) is 2.71. The molecule has 84 valence electrons. The summed E-state index contributed by atoms with van der Waals surface area (Å²) in [5.74, 6) is 0.882. The van der Waals surface area contributed by atoms with Crippen LogP contribution in [-0.4, -0.2) is 28.6 Å². The van der Waals surface area contributed by atoms with Gasteiger partial charge in [-0.15, -0.1) is 0 Å². The highest BCUT2D eigenvalue weighted by Crippen LogP contribution is 2.20. The van der Waals surface area contributed by atoms with Gasteiger partial charge in [0.2, 0.25) is 0 Å². The van der Waals surface area contributed by atoms with Crippen molar-refractivity contribution in [2.75, 3.05) is 13.1 Å². The summed E-state index contributed by atoms with van der Waals surface area (Å²) in [4.78, 5) is 2.59. The average molecular weight is 206 g/mol. The molecule has 0 spiro atoms. The Labute approximate surface area is 92.9 Å². The maximum Gasteiger partial charge on any atom is 0.0248 e. The van der Waals surface area contributed by atoms with Gasteiger partial charge < -0.3 is 9.47 Å². The van der Waals surface area contributed by atoms with E-state index in [0.717, 1.165) is 12.0 Å². The molecule has 1 aliphatic heterocycles. The number of nitrogens with zero attached hydrogens (tertiary/aromatic N) is 2. The van der Waals surface area contributed by atoms with Gasteiger partial charge in [0.1, 0.15) is 0 Å². The van der Waals surface area contributed by atoms with Crippen LogP contribution < -0.4 is 0 Å². The highest BCUT2D eigenvalue weighted by atomic mass is 15.1. The molecule has 0 aromatic carbocycles. The number of hydrogen-bond acceptors (Lipinski definition) is 1. The molecule has 0 saturated carbocycles. The van der Waals surface area contributed by atoms with Crippen molar-refractivity contribution in [3.63, 3.8) is 0 Å². The number of aromatic nitrogens is 1. The van der Waals surface area contributed by atoms with Crippen molar-refractivity contribution in [1.82, 2.24) is 9.47 Å². The smallest absolute Gasteiger partial charge is 0.0248 e. The van der Waals surface area contributed by atoms with E-state index < -0.39 is 0 Å². The molecule has 0 atom stereocenters. The van der Waals surface area contributed by atoms with Crippen molar-refractivity contribution >= 4 is 0 Å². The summed E-state index contributed by atoms with van der Waals surface area (Å²) in [5.41, 5.74) is 0. The first kappa shape index (κ1) is 10.7. The first-order chi connectivity index (χ1) is 7.25. The van der Waals surface area contributed by atoms with E-state index >= 15 is 0 Å². The Morgan fingerprint density at radius 1 is 1.13 bits per heavy atom. The molecule has 1 aliphatic rings. The lowest BCUT2D eigenvalue weighted by atomic mass is 9.96. The van der Waals surface area contributed by atoms with E-state index in [-0.39, 0.29) is 0 Å². The van der Waals surface area contributed by atoms with Gasteiger partial charge in [0, 0.05) is 25.0 Å². The van der Waals surface area contributed by atoms with Crippen LogP contribution in [-0.2, 0) is 6.54 Å². The Morgan fingerprint density at radius 3 is 2.27 bits per heavy atom. The van der Waals surface area contributed by atoms with Gasteiger partial charge in [-0.3, -0.25) is 0 Å². The standard InChI is InChI=1S/C13H22N2/c1-12(2)15-9-5-13(6-10-15)11-14-7-3-4-8-14/h3-4,7-8,12-13H,5-6,9-11H2,1-2H3. The minimum atomic E-state index is 0.720. The summed E-state index contributed by atoms with van der Waals surface area (Å²) in [5, 5.41) is 0.